The summed E-state index contributed by atoms with van der Waals surface area (Å²) in [5, 5.41) is 0. The lowest BCUT2D eigenvalue weighted by Crippen LogP contribution is -2.33. The van der Waals surface area contributed by atoms with E-state index in [-0.39, 0.29) is 5.92 Å². The van der Waals surface area contributed by atoms with Crippen LogP contribution in [0, 0.1) is 5.92 Å². The second-order valence-corrected chi connectivity index (χ2v) is 3.67. The molecule has 0 atom stereocenters. The highest BCUT2D eigenvalue weighted by atomic mass is 16.1. The Morgan fingerprint density at radius 3 is 2.36 bits per heavy atom. The number of rotatable bonds is 3. The van der Waals surface area contributed by atoms with Gasteiger partial charge in [0.2, 0.25) is 0 Å². The van der Waals surface area contributed by atoms with Crippen LogP contribution in [0.15, 0.2) is 23.9 Å². The summed E-state index contributed by atoms with van der Waals surface area (Å²) in [6.07, 6.45) is 9.41. The maximum atomic E-state index is 10.6. The second kappa shape index (κ2) is 5.63. The molecular formula is C12H19NO. The minimum atomic E-state index is 0.287. The Kier molecular flexibility index (Phi) is 4.44. The zero-order valence-electron chi connectivity index (χ0n) is 9.07. The topological polar surface area (TPSA) is 20.3 Å². The first-order chi connectivity index (χ1) is 6.81. The van der Waals surface area contributed by atoms with Crippen molar-refractivity contribution in [1.82, 2.24) is 4.90 Å². The first kappa shape index (κ1) is 11.0. The molecule has 0 aliphatic carbocycles. The van der Waals surface area contributed by atoms with Gasteiger partial charge in [0.05, 0.1) is 0 Å². The smallest absolute Gasteiger partial charge is 0.123 e. The van der Waals surface area contributed by atoms with Crippen molar-refractivity contribution in [3.63, 3.8) is 0 Å². The van der Waals surface area contributed by atoms with Gasteiger partial charge in [0, 0.05) is 24.7 Å². The number of hydrogen-bond acceptors (Lipinski definition) is 2. The van der Waals surface area contributed by atoms with E-state index in [1.807, 2.05) is 6.92 Å². The Hall–Kier alpha value is -1.05. The van der Waals surface area contributed by atoms with Gasteiger partial charge in [0.25, 0.3) is 0 Å². The number of aldehydes is 1. The number of likely N-dealkylation sites (tertiary alicyclic amines) is 1. The van der Waals surface area contributed by atoms with Crippen LogP contribution >= 0.6 is 0 Å². The van der Waals surface area contributed by atoms with Crippen molar-refractivity contribution in [3.8, 4) is 0 Å². The molecule has 0 aromatic rings. The number of piperidine rings is 1. The van der Waals surface area contributed by atoms with E-state index < -0.39 is 0 Å². The average molecular weight is 193 g/mol. The third kappa shape index (κ3) is 2.72. The molecule has 0 unspecified atom stereocenters. The highest BCUT2D eigenvalue weighted by Crippen LogP contribution is 2.19. The molecule has 0 N–H and O–H groups in total. The van der Waals surface area contributed by atoms with Gasteiger partial charge in [-0.2, -0.15) is 0 Å². The van der Waals surface area contributed by atoms with Gasteiger partial charge in [-0.05, 0) is 32.8 Å². The van der Waals surface area contributed by atoms with Gasteiger partial charge < -0.3 is 9.69 Å². The molecule has 1 aliphatic rings. The minimum Gasteiger partial charge on any atom is -0.372 e. The molecule has 0 aromatic carbocycles. The van der Waals surface area contributed by atoms with Crippen LogP contribution in [0.2, 0.25) is 0 Å². The van der Waals surface area contributed by atoms with Crippen LogP contribution in [0.25, 0.3) is 0 Å². The second-order valence-electron chi connectivity index (χ2n) is 3.67. The van der Waals surface area contributed by atoms with Crippen molar-refractivity contribution >= 4 is 6.29 Å². The molecular weight excluding hydrogens is 174 g/mol. The molecule has 78 valence electrons. The fraction of sp³-hybridized carbons (Fsp3) is 0.583. The summed E-state index contributed by atoms with van der Waals surface area (Å²) in [5.74, 6) is 0.287. The van der Waals surface area contributed by atoms with Crippen molar-refractivity contribution in [1.29, 1.82) is 0 Å². The lowest BCUT2D eigenvalue weighted by molar-refractivity contribution is -0.112. The Morgan fingerprint density at radius 2 is 1.93 bits per heavy atom. The van der Waals surface area contributed by atoms with E-state index >= 15 is 0 Å². The third-order valence-electron chi connectivity index (χ3n) is 2.73. The van der Waals surface area contributed by atoms with Crippen LogP contribution in [-0.2, 0) is 4.79 Å². The normalized spacial score (nSPS) is 20.4. The van der Waals surface area contributed by atoms with E-state index in [0.29, 0.717) is 0 Å². The summed E-state index contributed by atoms with van der Waals surface area (Å²) < 4.78 is 0. The highest BCUT2D eigenvalue weighted by Gasteiger charge is 2.18. The summed E-state index contributed by atoms with van der Waals surface area (Å²) in [6.45, 7) is 6.10. The van der Waals surface area contributed by atoms with Gasteiger partial charge in [0.15, 0.2) is 0 Å². The minimum absolute atomic E-state index is 0.287. The molecule has 0 spiro atoms. The van der Waals surface area contributed by atoms with Crippen LogP contribution in [0.1, 0.15) is 26.7 Å². The van der Waals surface area contributed by atoms with Crippen molar-refractivity contribution in [2.45, 2.75) is 26.7 Å². The number of allylic oxidation sites excluding steroid dienone is 3. The van der Waals surface area contributed by atoms with Crippen LogP contribution in [0.5, 0.6) is 0 Å². The molecule has 0 radical (unpaired) electrons. The van der Waals surface area contributed by atoms with E-state index in [1.165, 1.54) is 5.70 Å². The van der Waals surface area contributed by atoms with Crippen molar-refractivity contribution in [2.75, 3.05) is 13.1 Å². The molecule has 1 saturated heterocycles. The molecule has 0 amide bonds. The van der Waals surface area contributed by atoms with Gasteiger partial charge in [-0.15, -0.1) is 0 Å². The van der Waals surface area contributed by atoms with E-state index in [9.17, 15) is 4.79 Å². The van der Waals surface area contributed by atoms with Crippen LogP contribution in [0.3, 0.4) is 0 Å². The first-order valence-corrected chi connectivity index (χ1v) is 5.31. The van der Waals surface area contributed by atoms with Crippen molar-refractivity contribution < 1.29 is 4.79 Å². The van der Waals surface area contributed by atoms with Crippen LogP contribution < -0.4 is 0 Å². The first-order valence-electron chi connectivity index (χ1n) is 5.31. The molecule has 1 rings (SSSR count). The quantitative estimate of drug-likeness (QED) is 0.506. The van der Waals surface area contributed by atoms with Crippen LogP contribution in [0.4, 0.5) is 0 Å². The molecule has 0 saturated carbocycles. The van der Waals surface area contributed by atoms with Gasteiger partial charge in [-0.3, -0.25) is 0 Å². The third-order valence-corrected chi connectivity index (χ3v) is 2.73. The lowest BCUT2D eigenvalue weighted by atomic mass is 9.98. The molecule has 2 heteroatoms. The maximum absolute atomic E-state index is 10.6. The summed E-state index contributed by atoms with van der Waals surface area (Å²) in [4.78, 5) is 12.9. The average Bonchev–Trinajstić information content (AvgIpc) is 2.26. The van der Waals surface area contributed by atoms with Crippen molar-refractivity contribution in [2.24, 2.45) is 5.92 Å². The Balaban J connectivity index is 2.51. The van der Waals surface area contributed by atoms with Gasteiger partial charge in [-0.25, -0.2) is 0 Å². The summed E-state index contributed by atoms with van der Waals surface area (Å²) in [5.41, 5.74) is 1.27. The monoisotopic (exact) mass is 193 g/mol. The van der Waals surface area contributed by atoms with E-state index in [2.05, 4.69) is 30.1 Å². The van der Waals surface area contributed by atoms with Gasteiger partial charge in [0.1, 0.15) is 6.29 Å². The Morgan fingerprint density at radius 1 is 1.29 bits per heavy atom. The molecule has 0 bridgehead atoms. The predicted molar refractivity (Wildman–Crippen MR) is 58.9 cm³/mol. The van der Waals surface area contributed by atoms with Crippen LogP contribution in [-0.4, -0.2) is 24.3 Å². The number of nitrogens with zero attached hydrogens (tertiary/aromatic N) is 1. The molecule has 1 heterocycles. The van der Waals surface area contributed by atoms with Gasteiger partial charge >= 0.3 is 0 Å². The Bertz CT molecular complexity index is 235. The fourth-order valence-corrected chi connectivity index (χ4v) is 1.85. The summed E-state index contributed by atoms with van der Waals surface area (Å²) in [7, 11) is 0. The molecule has 1 aliphatic heterocycles. The SMILES string of the molecule is C/C=C\C(=C/C)N1CCC(C=O)CC1. The Labute approximate surface area is 86.3 Å². The van der Waals surface area contributed by atoms with E-state index in [1.54, 1.807) is 0 Å². The predicted octanol–water partition coefficient (Wildman–Crippen LogP) is 2.38. The summed E-state index contributed by atoms with van der Waals surface area (Å²) >= 11 is 0. The number of carbonyl (C=O) groups excluding carboxylic acids is 1. The summed E-state index contributed by atoms with van der Waals surface area (Å²) in [6, 6.07) is 0. The zero-order chi connectivity index (χ0) is 10.4. The molecule has 2 nitrogen and oxygen atoms in total. The zero-order valence-corrected chi connectivity index (χ0v) is 9.07. The highest BCUT2D eigenvalue weighted by molar-refractivity contribution is 5.53. The van der Waals surface area contributed by atoms with E-state index in [0.717, 1.165) is 32.2 Å². The molecule has 14 heavy (non-hydrogen) atoms. The molecule has 1 fully saturated rings. The number of hydrogen-bond donors (Lipinski definition) is 0. The maximum Gasteiger partial charge on any atom is 0.123 e. The van der Waals surface area contributed by atoms with Crippen molar-refractivity contribution in [3.05, 3.63) is 23.9 Å². The fourth-order valence-electron chi connectivity index (χ4n) is 1.85. The lowest BCUT2D eigenvalue weighted by Gasteiger charge is -2.32. The van der Waals surface area contributed by atoms with E-state index in [4.69, 9.17) is 0 Å². The largest absolute Gasteiger partial charge is 0.372 e. The standard InChI is InChI=1S/C12H19NO/c1-3-5-12(4-2)13-8-6-11(10-14)7-9-13/h3-5,10-11H,6-9H2,1-2H3/b5-3-,12-4+. The number of carbonyl (C=O) groups is 1. The molecule has 0 aromatic heterocycles. The van der Waals surface area contributed by atoms with Gasteiger partial charge in [-0.1, -0.05) is 12.2 Å².